The number of aliphatic hydroxyl groups is 1. The summed E-state index contributed by atoms with van der Waals surface area (Å²) in [7, 11) is 1.54. The minimum Gasteiger partial charge on any atom is -0.387 e. The fourth-order valence-electron chi connectivity index (χ4n) is 4.10. The lowest BCUT2D eigenvalue weighted by molar-refractivity contribution is -0.870. The standard InChI is InChI=1S/C31H61N2O6P/c1-6-8-9-10-11-12-13-14-15-16-17-18-19-20-21-22-23-25-30(34)29(32-31(35)24-7-2)28-39-40(36,37)38-27-26-33(3,4)5/h19-20,23,25,29-30,34H,6-18,21-22,24,26-28H2,1-5H3,(H-,32,35,36,37)/p+1/b20-19+,25-23+. The summed E-state index contributed by atoms with van der Waals surface area (Å²) in [5.41, 5.74) is 0. The highest BCUT2D eigenvalue weighted by atomic mass is 31.2. The molecule has 0 radical (unpaired) electrons. The van der Waals surface area contributed by atoms with Crippen molar-refractivity contribution in [1.82, 2.24) is 5.32 Å². The molecule has 0 aromatic heterocycles. The Morgan fingerprint density at radius 3 is 1.95 bits per heavy atom. The summed E-state index contributed by atoms with van der Waals surface area (Å²) in [5, 5.41) is 13.3. The minimum absolute atomic E-state index is 0.0549. The number of phosphoric ester groups is 1. The minimum atomic E-state index is -4.30. The lowest BCUT2D eigenvalue weighted by Crippen LogP contribution is -2.45. The number of nitrogens with zero attached hydrogens (tertiary/aromatic N) is 1. The molecule has 0 aromatic carbocycles. The number of hydrogen-bond donors (Lipinski definition) is 3. The molecule has 3 N–H and O–H groups in total. The third kappa shape index (κ3) is 25.9. The second-order valence-electron chi connectivity index (χ2n) is 11.8. The smallest absolute Gasteiger partial charge is 0.387 e. The highest BCUT2D eigenvalue weighted by molar-refractivity contribution is 7.47. The average Bonchev–Trinajstić information content (AvgIpc) is 2.87. The molecule has 40 heavy (non-hydrogen) atoms. The third-order valence-corrected chi connectivity index (χ3v) is 7.63. The first-order valence-electron chi connectivity index (χ1n) is 15.7. The number of carbonyl (C=O) groups excluding carboxylic acids is 1. The van der Waals surface area contributed by atoms with Crippen LogP contribution >= 0.6 is 7.82 Å². The molecule has 0 aliphatic carbocycles. The molecule has 0 aromatic rings. The molecule has 0 bridgehead atoms. The third-order valence-electron chi connectivity index (χ3n) is 6.64. The van der Waals surface area contributed by atoms with Gasteiger partial charge in [-0.25, -0.2) is 4.57 Å². The Hall–Kier alpha value is -1.02. The molecule has 0 saturated heterocycles. The van der Waals surface area contributed by atoms with E-state index >= 15 is 0 Å². The van der Waals surface area contributed by atoms with E-state index in [-0.39, 0.29) is 19.1 Å². The van der Waals surface area contributed by atoms with Gasteiger partial charge in [-0.1, -0.05) is 102 Å². The van der Waals surface area contributed by atoms with Crippen LogP contribution in [-0.4, -0.2) is 73.4 Å². The summed E-state index contributed by atoms with van der Waals surface area (Å²) in [6.07, 6.45) is 25.4. The fourth-order valence-corrected chi connectivity index (χ4v) is 4.83. The summed E-state index contributed by atoms with van der Waals surface area (Å²) in [6, 6.07) is -0.852. The van der Waals surface area contributed by atoms with Crippen LogP contribution < -0.4 is 5.32 Å². The Labute approximate surface area is 245 Å². The summed E-state index contributed by atoms with van der Waals surface area (Å²) in [5.74, 6) is -0.243. The molecule has 0 fully saturated rings. The summed E-state index contributed by atoms with van der Waals surface area (Å²) in [6.45, 7) is 4.40. The van der Waals surface area contributed by atoms with Gasteiger partial charge in [0.2, 0.25) is 5.91 Å². The Bertz CT molecular complexity index is 723. The number of likely N-dealkylation sites (N-methyl/N-ethyl adjacent to an activating group) is 1. The highest BCUT2D eigenvalue weighted by Crippen LogP contribution is 2.43. The number of phosphoric acid groups is 1. The Morgan fingerprint density at radius 2 is 1.38 bits per heavy atom. The van der Waals surface area contributed by atoms with Crippen molar-refractivity contribution in [2.45, 2.75) is 129 Å². The number of aliphatic hydroxyl groups excluding tert-OH is 1. The number of carbonyl (C=O) groups is 1. The Balaban J connectivity index is 4.26. The van der Waals surface area contributed by atoms with Crippen molar-refractivity contribution in [2.75, 3.05) is 40.9 Å². The first-order chi connectivity index (χ1) is 19.0. The highest BCUT2D eigenvalue weighted by Gasteiger charge is 2.27. The van der Waals surface area contributed by atoms with Crippen LogP contribution in [0.4, 0.5) is 0 Å². The molecule has 0 aliphatic heterocycles. The van der Waals surface area contributed by atoms with Gasteiger partial charge < -0.3 is 19.8 Å². The number of nitrogens with one attached hydrogen (secondary N) is 1. The van der Waals surface area contributed by atoms with Gasteiger partial charge in [0.25, 0.3) is 0 Å². The van der Waals surface area contributed by atoms with Crippen LogP contribution in [0.25, 0.3) is 0 Å². The second kappa shape index (κ2) is 24.6. The quantitative estimate of drug-likeness (QED) is 0.0410. The lowest BCUT2D eigenvalue weighted by atomic mass is 10.1. The average molecular weight is 590 g/mol. The van der Waals surface area contributed by atoms with Crippen LogP contribution in [0.3, 0.4) is 0 Å². The van der Waals surface area contributed by atoms with Crippen molar-refractivity contribution in [3.63, 3.8) is 0 Å². The summed E-state index contributed by atoms with van der Waals surface area (Å²) < 4.78 is 23.0. The van der Waals surface area contributed by atoms with Crippen molar-refractivity contribution in [3.05, 3.63) is 24.3 Å². The van der Waals surface area contributed by atoms with Crippen molar-refractivity contribution in [3.8, 4) is 0 Å². The normalized spacial score (nSPS) is 15.5. The number of allylic oxidation sites excluding steroid dienone is 3. The summed E-state index contributed by atoms with van der Waals surface area (Å²) in [4.78, 5) is 22.1. The van der Waals surface area contributed by atoms with Crippen LogP contribution in [0.1, 0.15) is 117 Å². The predicted molar refractivity (Wildman–Crippen MR) is 166 cm³/mol. The van der Waals surface area contributed by atoms with E-state index < -0.39 is 20.0 Å². The largest absolute Gasteiger partial charge is 0.472 e. The lowest BCUT2D eigenvalue weighted by Gasteiger charge is -2.25. The number of hydrogen-bond acceptors (Lipinski definition) is 5. The van der Waals surface area contributed by atoms with Crippen LogP contribution in [0.15, 0.2) is 24.3 Å². The zero-order valence-corrected chi connectivity index (χ0v) is 27.2. The maximum absolute atomic E-state index is 12.2. The molecule has 3 unspecified atom stereocenters. The second-order valence-corrected chi connectivity index (χ2v) is 13.3. The van der Waals surface area contributed by atoms with E-state index in [1.807, 2.05) is 34.1 Å². The van der Waals surface area contributed by atoms with Crippen LogP contribution in [-0.2, 0) is 18.4 Å². The van der Waals surface area contributed by atoms with Crippen molar-refractivity contribution in [2.24, 2.45) is 0 Å². The number of amides is 1. The van der Waals surface area contributed by atoms with Gasteiger partial charge in [0.15, 0.2) is 0 Å². The van der Waals surface area contributed by atoms with Gasteiger partial charge in [-0.15, -0.1) is 0 Å². The molecule has 0 spiro atoms. The van der Waals surface area contributed by atoms with E-state index in [1.165, 1.54) is 70.6 Å². The molecule has 0 aliphatic rings. The van der Waals surface area contributed by atoms with Gasteiger partial charge in [-0.05, 0) is 32.1 Å². The van der Waals surface area contributed by atoms with E-state index in [2.05, 4.69) is 24.4 Å². The zero-order chi connectivity index (χ0) is 30.1. The number of quaternary nitrogens is 1. The molecule has 236 valence electrons. The fraction of sp³-hybridized carbons (Fsp3) is 0.839. The van der Waals surface area contributed by atoms with Gasteiger partial charge in [0.1, 0.15) is 13.2 Å². The van der Waals surface area contributed by atoms with Gasteiger partial charge in [-0.3, -0.25) is 13.8 Å². The monoisotopic (exact) mass is 589 g/mol. The molecule has 8 nitrogen and oxygen atoms in total. The van der Waals surface area contributed by atoms with Crippen molar-refractivity contribution < 1.29 is 32.9 Å². The van der Waals surface area contributed by atoms with E-state index in [9.17, 15) is 19.4 Å². The van der Waals surface area contributed by atoms with Crippen LogP contribution in [0.5, 0.6) is 0 Å². The molecule has 0 heterocycles. The number of rotatable bonds is 27. The Kier molecular flexibility index (Phi) is 23.9. The van der Waals surface area contributed by atoms with Crippen molar-refractivity contribution >= 4 is 13.7 Å². The van der Waals surface area contributed by atoms with Crippen LogP contribution in [0.2, 0.25) is 0 Å². The van der Waals surface area contributed by atoms with E-state index in [4.69, 9.17) is 9.05 Å². The maximum Gasteiger partial charge on any atom is 0.472 e. The predicted octanol–water partition coefficient (Wildman–Crippen LogP) is 7.07. The van der Waals surface area contributed by atoms with Gasteiger partial charge in [0, 0.05) is 6.42 Å². The number of unbranched alkanes of at least 4 members (excludes halogenated alkanes) is 12. The van der Waals surface area contributed by atoms with E-state index in [0.29, 0.717) is 23.9 Å². The van der Waals surface area contributed by atoms with Gasteiger partial charge in [-0.2, -0.15) is 0 Å². The SMILES string of the molecule is CCCCCCCCCCCCC/C=C/CC/C=C/C(O)C(COP(=O)(O)OCC[N+](C)(C)C)NC(=O)CCC. The maximum atomic E-state index is 12.2. The Morgan fingerprint density at radius 1 is 0.825 bits per heavy atom. The molecule has 9 heteroatoms. The zero-order valence-electron chi connectivity index (χ0n) is 26.3. The van der Waals surface area contributed by atoms with Crippen LogP contribution in [0, 0.1) is 0 Å². The molecular weight excluding hydrogens is 527 g/mol. The first kappa shape index (κ1) is 39.0. The molecule has 0 rings (SSSR count). The molecule has 3 atom stereocenters. The topological polar surface area (TPSA) is 105 Å². The van der Waals surface area contributed by atoms with Gasteiger partial charge >= 0.3 is 7.82 Å². The summed E-state index contributed by atoms with van der Waals surface area (Å²) >= 11 is 0. The van der Waals surface area contributed by atoms with Gasteiger partial charge in [0.05, 0.1) is 39.9 Å². The van der Waals surface area contributed by atoms with E-state index in [0.717, 1.165) is 19.3 Å². The molecule has 0 saturated carbocycles. The molecule has 1 amide bonds. The molecular formula is C31H62N2O6P+. The van der Waals surface area contributed by atoms with Crippen molar-refractivity contribution in [1.29, 1.82) is 0 Å². The first-order valence-corrected chi connectivity index (χ1v) is 17.2. The van der Waals surface area contributed by atoms with E-state index in [1.54, 1.807) is 6.08 Å².